The van der Waals surface area contributed by atoms with Crippen LogP contribution in [0.4, 0.5) is 0 Å². The number of carbonyl (C=O) groups excluding carboxylic acids is 2. The van der Waals surface area contributed by atoms with Crippen LogP contribution in [0.2, 0.25) is 0 Å². The molecule has 1 saturated heterocycles. The second kappa shape index (κ2) is 9.03. The summed E-state index contributed by atoms with van der Waals surface area (Å²) in [5.74, 6) is 0.0942. The van der Waals surface area contributed by atoms with E-state index in [-0.39, 0.29) is 24.7 Å². The number of methoxy groups -OCH3 is 2. The molecule has 2 heterocycles. The molecule has 0 spiro atoms. The molecule has 0 bridgehead atoms. The van der Waals surface area contributed by atoms with Crippen LogP contribution in [0.25, 0.3) is 5.76 Å². The van der Waals surface area contributed by atoms with Crippen LogP contribution in [-0.2, 0) is 9.59 Å². The zero-order valence-electron chi connectivity index (χ0n) is 19.0. The largest absolute Gasteiger partial charge is 0.507 e. The van der Waals surface area contributed by atoms with Gasteiger partial charge in [0.1, 0.15) is 5.76 Å². The minimum absolute atomic E-state index is 0.0239. The van der Waals surface area contributed by atoms with E-state index < -0.39 is 17.7 Å². The van der Waals surface area contributed by atoms with Gasteiger partial charge in [-0.1, -0.05) is 12.1 Å². The van der Waals surface area contributed by atoms with Crippen molar-refractivity contribution in [3.63, 3.8) is 0 Å². The Kier molecular flexibility index (Phi) is 6.15. The van der Waals surface area contributed by atoms with Gasteiger partial charge in [-0.2, -0.15) is 0 Å². The maximum atomic E-state index is 13.2. The molecule has 0 radical (unpaired) electrons. The quantitative estimate of drug-likeness (QED) is 0.387. The number of carbonyl (C=O) groups is 2. The van der Waals surface area contributed by atoms with Crippen molar-refractivity contribution < 1.29 is 33.6 Å². The first-order valence-electron chi connectivity index (χ1n) is 10.4. The van der Waals surface area contributed by atoms with Gasteiger partial charge in [0.05, 0.1) is 25.8 Å². The summed E-state index contributed by atoms with van der Waals surface area (Å²) < 4.78 is 21.8. The summed E-state index contributed by atoms with van der Waals surface area (Å²) in [6, 6.07) is 9.24. The van der Waals surface area contributed by atoms with Gasteiger partial charge in [0.2, 0.25) is 6.79 Å². The van der Waals surface area contributed by atoms with Crippen LogP contribution in [0.5, 0.6) is 23.0 Å². The molecule has 9 nitrogen and oxygen atoms in total. The van der Waals surface area contributed by atoms with Gasteiger partial charge in [0, 0.05) is 24.2 Å². The fourth-order valence-corrected chi connectivity index (χ4v) is 4.07. The molecule has 1 N–H and O–H groups in total. The molecule has 174 valence electrons. The van der Waals surface area contributed by atoms with E-state index in [0.717, 1.165) is 0 Å². The number of hydrogen-bond donors (Lipinski definition) is 1. The van der Waals surface area contributed by atoms with Crippen molar-refractivity contribution in [3.8, 4) is 23.0 Å². The number of likely N-dealkylation sites (tertiary alicyclic amines) is 1. The van der Waals surface area contributed by atoms with E-state index in [1.165, 1.54) is 19.1 Å². The Balaban J connectivity index is 1.90. The molecule has 2 aliphatic heterocycles. The van der Waals surface area contributed by atoms with Gasteiger partial charge < -0.3 is 33.9 Å². The average molecular weight is 454 g/mol. The highest BCUT2D eigenvalue weighted by Crippen LogP contribution is 2.46. The zero-order valence-corrected chi connectivity index (χ0v) is 19.0. The lowest BCUT2D eigenvalue weighted by Crippen LogP contribution is -2.35. The van der Waals surface area contributed by atoms with Crippen molar-refractivity contribution >= 4 is 17.4 Å². The van der Waals surface area contributed by atoms with Crippen molar-refractivity contribution in [1.29, 1.82) is 0 Å². The third-order valence-electron chi connectivity index (χ3n) is 5.70. The number of likely N-dealkylation sites (N-methyl/N-ethyl adjacent to an activating group) is 1. The van der Waals surface area contributed by atoms with E-state index in [4.69, 9.17) is 18.9 Å². The number of hydrogen-bond acceptors (Lipinski definition) is 8. The molecule has 1 unspecified atom stereocenters. The SMILES string of the molecule is COc1cccc(C2C(=C(O)c3ccc4c(c3)OCO4)C(=O)C(=O)N2CCN(C)C)c1OC. The minimum Gasteiger partial charge on any atom is -0.507 e. The predicted octanol–water partition coefficient (Wildman–Crippen LogP) is 2.42. The highest BCUT2D eigenvalue weighted by Gasteiger charge is 2.47. The Morgan fingerprint density at radius 2 is 1.88 bits per heavy atom. The van der Waals surface area contributed by atoms with Gasteiger partial charge in [0.15, 0.2) is 23.0 Å². The van der Waals surface area contributed by atoms with Crippen LogP contribution in [0.1, 0.15) is 17.2 Å². The molecular weight excluding hydrogens is 428 g/mol. The molecular formula is C24H26N2O7. The standard InChI is InChI=1S/C24H26N2O7/c1-25(2)10-11-26-20(15-6-5-7-17(30-3)23(15)31-4)19(22(28)24(26)29)21(27)14-8-9-16-18(12-14)33-13-32-16/h5-9,12,20,27H,10-11,13H2,1-4H3. The Labute approximate surface area is 191 Å². The van der Waals surface area contributed by atoms with E-state index in [1.54, 1.807) is 36.4 Å². The molecule has 1 amide bonds. The van der Waals surface area contributed by atoms with E-state index in [1.807, 2.05) is 19.0 Å². The number of benzene rings is 2. The predicted molar refractivity (Wildman–Crippen MR) is 120 cm³/mol. The summed E-state index contributed by atoms with van der Waals surface area (Å²) in [7, 11) is 6.76. The van der Waals surface area contributed by atoms with Crippen LogP contribution < -0.4 is 18.9 Å². The Morgan fingerprint density at radius 1 is 1.12 bits per heavy atom. The summed E-state index contributed by atoms with van der Waals surface area (Å²) >= 11 is 0. The molecule has 2 aliphatic rings. The molecule has 33 heavy (non-hydrogen) atoms. The van der Waals surface area contributed by atoms with Gasteiger partial charge >= 0.3 is 0 Å². The lowest BCUT2D eigenvalue weighted by Gasteiger charge is -2.28. The summed E-state index contributed by atoms with van der Waals surface area (Å²) in [4.78, 5) is 29.7. The maximum absolute atomic E-state index is 13.2. The van der Waals surface area contributed by atoms with Crippen LogP contribution in [0, 0.1) is 0 Å². The average Bonchev–Trinajstić information content (AvgIpc) is 3.38. The van der Waals surface area contributed by atoms with E-state index in [0.29, 0.717) is 40.7 Å². The molecule has 2 aromatic carbocycles. The Morgan fingerprint density at radius 3 is 2.58 bits per heavy atom. The highest BCUT2D eigenvalue weighted by atomic mass is 16.7. The first kappa shape index (κ1) is 22.5. The maximum Gasteiger partial charge on any atom is 0.295 e. The molecule has 0 aromatic heterocycles. The molecule has 2 aromatic rings. The lowest BCUT2D eigenvalue weighted by atomic mass is 9.94. The zero-order chi connectivity index (χ0) is 23.7. The molecule has 0 aliphatic carbocycles. The molecule has 1 atom stereocenters. The number of nitrogens with zero attached hydrogens (tertiary/aromatic N) is 2. The van der Waals surface area contributed by atoms with E-state index in [2.05, 4.69) is 0 Å². The van der Waals surface area contributed by atoms with E-state index in [9.17, 15) is 14.7 Å². The molecule has 4 rings (SSSR count). The monoisotopic (exact) mass is 454 g/mol. The number of fused-ring (bicyclic) bond motifs is 1. The van der Waals surface area contributed by atoms with Crippen LogP contribution in [-0.4, -0.2) is 74.8 Å². The lowest BCUT2D eigenvalue weighted by molar-refractivity contribution is -0.140. The number of rotatable bonds is 7. The second-order valence-corrected chi connectivity index (χ2v) is 7.95. The first-order valence-corrected chi connectivity index (χ1v) is 10.4. The number of aliphatic hydroxyl groups excluding tert-OH is 1. The first-order chi connectivity index (χ1) is 15.9. The van der Waals surface area contributed by atoms with Crippen molar-refractivity contribution in [3.05, 3.63) is 53.1 Å². The molecule has 0 saturated carbocycles. The summed E-state index contributed by atoms with van der Waals surface area (Å²) in [5.41, 5.74) is 0.859. The van der Waals surface area contributed by atoms with Crippen LogP contribution in [0.3, 0.4) is 0 Å². The fourth-order valence-electron chi connectivity index (χ4n) is 4.07. The third kappa shape index (κ3) is 3.95. The fraction of sp³-hybridized carbons (Fsp3) is 0.333. The summed E-state index contributed by atoms with van der Waals surface area (Å²) in [5, 5.41) is 11.3. The Hall–Kier alpha value is -3.72. The van der Waals surface area contributed by atoms with Gasteiger partial charge in [-0.25, -0.2) is 0 Å². The van der Waals surface area contributed by atoms with Crippen LogP contribution in [0.15, 0.2) is 42.0 Å². The van der Waals surface area contributed by atoms with Crippen LogP contribution >= 0.6 is 0 Å². The van der Waals surface area contributed by atoms with Crippen molar-refractivity contribution in [1.82, 2.24) is 9.80 Å². The molecule has 1 fully saturated rings. The number of para-hydroxylation sites is 1. The highest BCUT2D eigenvalue weighted by molar-refractivity contribution is 6.46. The minimum atomic E-state index is -0.861. The smallest absolute Gasteiger partial charge is 0.295 e. The number of ketones is 1. The summed E-state index contributed by atoms with van der Waals surface area (Å²) in [6.45, 7) is 0.885. The summed E-state index contributed by atoms with van der Waals surface area (Å²) in [6.07, 6.45) is 0. The van der Waals surface area contributed by atoms with Gasteiger partial charge in [-0.15, -0.1) is 0 Å². The van der Waals surface area contributed by atoms with Gasteiger partial charge in [0.25, 0.3) is 11.7 Å². The van der Waals surface area contributed by atoms with Gasteiger partial charge in [-0.05, 0) is 38.4 Å². The van der Waals surface area contributed by atoms with Gasteiger partial charge in [-0.3, -0.25) is 9.59 Å². The number of amides is 1. The number of Topliss-reactive ketones (excluding diaryl/α,β-unsaturated/α-hetero) is 1. The number of ether oxygens (including phenoxy) is 4. The third-order valence-corrected chi connectivity index (χ3v) is 5.70. The normalized spacial score (nSPS) is 18.8. The van der Waals surface area contributed by atoms with Crippen molar-refractivity contribution in [2.75, 3.05) is 48.2 Å². The number of aliphatic hydroxyl groups is 1. The van der Waals surface area contributed by atoms with Crippen molar-refractivity contribution in [2.24, 2.45) is 0 Å². The van der Waals surface area contributed by atoms with E-state index >= 15 is 0 Å². The topological polar surface area (TPSA) is 97.8 Å². The van der Waals surface area contributed by atoms with Crippen molar-refractivity contribution in [2.45, 2.75) is 6.04 Å². The molecule has 9 heteroatoms. The second-order valence-electron chi connectivity index (χ2n) is 7.95. The Bertz CT molecular complexity index is 1130.